The second kappa shape index (κ2) is 9.87. The average molecular weight is 420 g/mol. The number of rotatable bonds is 9. The van der Waals surface area contributed by atoms with Gasteiger partial charge in [-0.2, -0.15) is 0 Å². The topological polar surface area (TPSA) is 87.7 Å². The number of benzene rings is 2. The Bertz CT molecular complexity index is 942. The molecule has 0 saturated carbocycles. The summed E-state index contributed by atoms with van der Waals surface area (Å²) in [6.45, 7) is 3.83. The maximum Gasteiger partial charge on any atom is 0.251 e. The summed E-state index contributed by atoms with van der Waals surface area (Å²) in [5.41, 5.74) is 1.24. The molecule has 0 spiro atoms. The highest BCUT2D eigenvalue weighted by atomic mass is 32.2. The Morgan fingerprint density at radius 3 is 2.41 bits per heavy atom. The molecule has 2 N–H and O–H groups in total. The number of methoxy groups -OCH3 is 1. The van der Waals surface area contributed by atoms with Crippen LogP contribution in [0, 0.1) is 0 Å². The highest BCUT2D eigenvalue weighted by Crippen LogP contribution is 2.27. The summed E-state index contributed by atoms with van der Waals surface area (Å²) >= 11 is 0. The molecule has 0 aliphatic heterocycles. The van der Waals surface area contributed by atoms with Gasteiger partial charge in [0.25, 0.3) is 5.91 Å². The number of ether oxygens (including phenoxy) is 1. The maximum atomic E-state index is 12.7. The van der Waals surface area contributed by atoms with Crippen molar-refractivity contribution in [1.82, 2.24) is 14.9 Å². The molecule has 0 aromatic heterocycles. The van der Waals surface area contributed by atoms with Crippen molar-refractivity contribution in [2.75, 3.05) is 27.7 Å². The molecule has 0 aliphatic rings. The fourth-order valence-electron chi connectivity index (χ4n) is 2.99. The van der Waals surface area contributed by atoms with Crippen LogP contribution in [-0.4, -0.2) is 53.0 Å². The lowest BCUT2D eigenvalue weighted by molar-refractivity contribution is 0.0941. The zero-order chi connectivity index (χ0) is 21.6. The molecule has 2 aromatic rings. The fraction of sp³-hybridized carbons (Fsp3) is 0.381. The largest absolute Gasteiger partial charge is 0.496 e. The monoisotopic (exact) mass is 419 g/mol. The third-order valence-electron chi connectivity index (χ3n) is 4.37. The van der Waals surface area contributed by atoms with Gasteiger partial charge < -0.3 is 15.0 Å². The lowest BCUT2D eigenvalue weighted by Gasteiger charge is -2.26. The number of sulfonamides is 1. The first-order valence-electron chi connectivity index (χ1n) is 9.35. The molecule has 0 aliphatic carbocycles. The quantitative estimate of drug-likeness (QED) is 0.652. The van der Waals surface area contributed by atoms with Gasteiger partial charge >= 0.3 is 0 Å². The zero-order valence-electron chi connectivity index (χ0n) is 17.5. The van der Waals surface area contributed by atoms with Crippen LogP contribution in [0.4, 0.5) is 0 Å². The number of likely N-dealkylation sites (N-methyl/N-ethyl adjacent to an activating group) is 1. The third-order valence-corrected chi connectivity index (χ3v) is 6.03. The molecule has 0 fully saturated rings. The number of amides is 1. The highest BCUT2D eigenvalue weighted by molar-refractivity contribution is 7.89. The molecule has 8 heteroatoms. The summed E-state index contributed by atoms with van der Waals surface area (Å²) in [5, 5.41) is 2.90. The molecule has 0 heterocycles. The first-order chi connectivity index (χ1) is 13.7. The van der Waals surface area contributed by atoms with Crippen LogP contribution in [0.15, 0.2) is 53.4 Å². The molecule has 1 unspecified atom stereocenters. The molecule has 2 rings (SSSR count). The molecule has 158 valence electrons. The van der Waals surface area contributed by atoms with Gasteiger partial charge in [0, 0.05) is 23.7 Å². The second-order valence-corrected chi connectivity index (χ2v) is 8.95. The smallest absolute Gasteiger partial charge is 0.251 e. The highest BCUT2D eigenvalue weighted by Gasteiger charge is 2.21. The normalized spacial score (nSPS) is 12.8. The van der Waals surface area contributed by atoms with Gasteiger partial charge in [-0.25, -0.2) is 13.1 Å². The van der Waals surface area contributed by atoms with E-state index in [9.17, 15) is 13.2 Å². The van der Waals surface area contributed by atoms with Gasteiger partial charge in [0.15, 0.2) is 0 Å². The van der Waals surface area contributed by atoms with E-state index in [1.165, 1.54) is 12.1 Å². The summed E-state index contributed by atoms with van der Waals surface area (Å²) in [6, 6.07) is 13.3. The van der Waals surface area contributed by atoms with Crippen molar-refractivity contribution in [3.8, 4) is 5.75 Å². The van der Waals surface area contributed by atoms with Gasteiger partial charge in [0.2, 0.25) is 10.0 Å². The van der Waals surface area contributed by atoms with Crippen molar-refractivity contribution in [3.05, 3.63) is 59.7 Å². The molecule has 7 nitrogen and oxygen atoms in total. The maximum absolute atomic E-state index is 12.7. The van der Waals surface area contributed by atoms with Gasteiger partial charge in [-0.1, -0.05) is 24.3 Å². The van der Waals surface area contributed by atoms with Crippen LogP contribution in [0.25, 0.3) is 0 Å². The van der Waals surface area contributed by atoms with Crippen molar-refractivity contribution in [3.63, 3.8) is 0 Å². The zero-order valence-corrected chi connectivity index (χ0v) is 18.3. The van der Waals surface area contributed by atoms with Crippen LogP contribution in [-0.2, 0) is 10.0 Å². The molecule has 2 aromatic carbocycles. The summed E-state index contributed by atoms with van der Waals surface area (Å²) in [5.74, 6) is 0.404. The Morgan fingerprint density at radius 1 is 1.10 bits per heavy atom. The van der Waals surface area contributed by atoms with E-state index in [1.54, 1.807) is 33.1 Å². The van der Waals surface area contributed by atoms with E-state index in [1.807, 2.05) is 43.3 Å². The van der Waals surface area contributed by atoms with Gasteiger partial charge in [-0.05, 0) is 52.2 Å². The number of carbonyl (C=O) groups is 1. The second-order valence-electron chi connectivity index (χ2n) is 7.24. The molecule has 0 bridgehead atoms. The predicted octanol–water partition coefficient (Wildman–Crippen LogP) is 2.41. The Kier molecular flexibility index (Phi) is 7.78. The van der Waals surface area contributed by atoms with E-state index < -0.39 is 10.0 Å². The van der Waals surface area contributed by atoms with Crippen molar-refractivity contribution in [1.29, 1.82) is 0 Å². The van der Waals surface area contributed by atoms with Gasteiger partial charge in [-0.3, -0.25) is 4.79 Å². The van der Waals surface area contributed by atoms with Crippen LogP contribution in [0.2, 0.25) is 0 Å². The van der Waals surface area contributed by atoms with Gasteiger partial charge in [-0.15, -0.1) is 0 Å². The average Bonchev–Trinajstić information content (AvgIpc) is 2.67. The Morgan fingerprint density at radius 2 is 1.79 bits per heavy atom. The minimum absolute atomic E-state index is 0.0627. The van der Waals surface area contributed by atoms with Crippen molar-refractivity contribution in [2.45, 2.75) is 30.8 Å². The first kappa shape index (κ1) is 22.9. The van der Waals surface area contributed by atoms with Gasteiger partial charge in [0.1, 0.15) is 5.75 Å². The molecule has 1 amide bonds. The minimum atomic E-state index is -3.67. The number of para-hydroxylation sites is 1. The number of nitrogens with one attached hydrogen (secondary N) is 2. The van der Waals surface area contributed by atoms with Gasteiger partial charge in [0.05, 0.1) is 18.0 Å². The van der Waals surface area contributed by atoms with Crippen LogP contribution in [0.1, 0.15) is 35.8 Å². The molecular weight excluding hydrogens is 390 g/mol. The summed E-state index contributed by atoms with van der Waals surface area (Å²) < 4.78 is 32.7. The summed E-state index contributed by atoms with van der Waals surface area (Å²) in [6.07, 6.45) is 0. The standard InChI is InChI=1S/C21H29N3O4S/c1-15(2)23-29(26,27)17-10-8-9-16(13-17)21(25)22-14-19(24(3)4)18-11-6-7-12-20(18)28-5/h6-13,15,19,23H,14H2,1-5H3,(H,22,25). The number of hydrogen-bond donors (Lipinski definition) is 2. The van der Waals surface area contributed by atoms with Crippen molar-refractivity contribution in [2.24, 2.45) is 0 Å². The predicted molar refractivity (Wildman–Crippen MR) is 114 cm³/mol. The van der Waals surface area contributed by atoms with E-state index in [0.717, 1.165) is 11.3 Å². The third kappa shape index (κ3) is 6.03. The van der Waals surface area contributed by atoms with Crippen molar-refractivity contribution < 1.29 is 17.9 Å². The Hall–Kier alpha value is -2.42. The first-order valence-corrected chi connectivity index (χ1v) is 10.8. The molecule has 1 atom stereocenters. The molecule has 0 radical (unpaired) electrons. The van der Waals surface area contributed by atoms with Crippen LogP contribution < -0.4 is 14.8 Å². The lowest BCUT2D eigenvalue weighted by Crippen LogP contribution is -2.35. The van der Waals surface area contributed by atoms with Crippen LogP contribution in [0.5, 0.6) is 5.75 Å². The van der Waals surface area contributed by atoms with Crippen molar-refractivity contribution >= 4 is 15.9 Å². The molecule has 0 saturated heterocycles. The SMILES string of the molecule is COc1ccccc1C(CNC(=O)c1cccc(S(=O)(=O)NC(C)C)c1)N(C)C. The van der Waals surface area contributed by atoms with E-state index in [-0.39, 0.29) is 28.4 Å². The Balaban J connectivity index is 2.18. The van der Waals surface area contributed by atoms with E-state index >= 15 is 0 Å². The summed E-state index contributed by atoms with van der Waals surface area (Å²) in [7, 11) is 1.79. The van der Waals surface area contributed by atoms with Crippen LogP contribution in [0.3, 0.4) is 0 Å². The summed E-state index contributed by atoms with van der Waals surface area (Å²) in [4.78, 5) is 14.7. The van der Waals surface area contributed by atoms with Crippen LogP contribution >= 0.6 is 0 Å². The van der Waals surface area contributed by atoms with E-state index in [4.69, 9.17) is 4.74 Å². The fourth-order valence-corrected chi connectivity index (χ4v) is 4.28. The molecular formula is C21H29N3O4S. The number of carbonyl (C=O) groups excluding carboxylic acids is 1. The number of nitrogens with zero attached hydrogens (tertiary/aromatic N) is 1. The minimum Gasteiger partial charge on any atom is -0.496 e. The lowest BCUT2D eigenvalue weighted by atomic mass is 10.0. The number of hydrogen-bond acceptors (Lipinski definition) is 5. The Labute approximate surface area is 173 Å². The van der Waals surface area contributed by atoms with E-state index in [0.29, 0.717) is 6.54 Å². The molecule has 29 heavy (non-hydrogen) atoms. The van der Waals surface area contributed by atoms with E-state index in [2.05, 4.69) is 10.0 Å².